The number of sulfonamides is 1. The number of ether oxygens (including phenoxy) is 2. The number of piperidine rings is 1. The molecule has 0 saturated carbocycles. The number of hydrogen-bond acceptors (Lipinski definition) is 29. The molecule has 7 aromatic carbocycles. The van der Waals surface area contributed by atoms with Crippen molar-refractivity contribution in [1.29, 1.82) is 0 Å². The molecule has 38 heteroatoms. The zero-order valence-corrected chi connectivity index (χ0v) is 77.9. The highest BCUT2D eigenvalue weighted by molar-refractivity contribution is 7.89. The monoisotopic (exact) mass is 1860 g/mol. The Kier molecular flexibility index (Phi) is 23.9. The Labute approximate surface area is 789 Å². The van der Waals surface area contributed by atoms with Crippen LogP contribution in [0.25, 0.3) is 55.2 Å². The molecule has 37 nitrogen and oxygen atoms in total. The van der Waals surface area contributed by atoms with Gasteiger partial charge in [0.05, 0.1) is 85.2 Å². The van der Waals surface area contributed by atoms with Gasteiger partial charge in [0.25, 0.3) is 11.1 Å². The normalized spacial score (nSPS) is 17.5. The van der Waals surface area contributed by atoms with Gasteiger partial charge in [0.15, 0.2) is 22.9 Å². The van der Waals surface area contributed by atoms with Gasteiger partial charge in [0, 0.05) is 189 Å². The summed E-state index contributed by atoms with van der Waals surface area (Å²) in [4.78, 5) is 111. The highest BCUT2D eigenvalue weighted by Crippen LogP contribution is 2.48. The molecule has 6 N–H and O–H groups in total. The van der Waals surface area contributed by atoms with Gasteiger partial charge in [-0.25, -0.2) is 33.5 Å². The third kappa shape index (κ3) is 17.4. The topological polar surface area (TPSA) is 367 Å². The van der Waals surface area contributed by atoms with Gasteiger partial charge in [-0.1, -0.05) is 72.8 Å². The molecular formula is C99H105N29O8S. The van der Waals surface area contributed by atoms with E-state index in [-0.39, 0.29) is 39.9 Å². The summed E-state index contributed by atoms with van der Waals surface area (Å²) in [5.74, 6) is 3.97. The molecule has 8 aliphatic heterocycles. The van der Waals surface area contributed by atoms with Crippen molar-refractivity contribution in [3.05, 3.63) is 245 Å². The molecule has 0 spiro atoms. The van der Waals surface area contributed by atoms with E-state index < -0.39 is 10.0 Å². The Morgan fingerprint density at radius 2 is 0.912 bits per heavy atom. The molecule has 9 aromatic heterocycles. The molecule has 8 aliphatic rings. The first-order valence-electron chi connectivity index (χ1n) is 46.1. The van der Waals surface area contributed by atoms with E-state index in [0.29, 0.717) is 93.2 Å². The lowest BCUT2D eigenvalue weighted by Gasteiger charge is -2.42. The first-order chi connectivity index (χ1) is 66.6. The number of primary sulfonamides is 1. The predicted molar refractivity (Wildman–Crippen MR) is 533 cm³/mol. The summed E-state index contributed by atoms with van der Waals surface area (Å²) in [6.45, 7) is 16.3. The molecule has 24 rings (SSSR count). The zero-order chi connectivity index (χ0) is 94.0. The molecule has 16 aromatic rings. The Morgan fingerprint density at radius 3 is 1.45 bits per heavy atom. The Hall–Kier alpha value is -15.1. The minimum atomic E-state index is -3.76. The number of carbonyl (C=O) groups is 2. The van der Waals surface area contributed by atoms with Gasteiger partial charge in [-0.3, -0.25) is 42.5 Å². The standard InChI is InChI=1S/C31H36N8O2.C25H27N7O.C23H24N8O2.C20H18N6O3S/c1-35-14-16-38(17-15-35)22-10-12-37(13-11-22)23-8-9-24(28(19-23)41-3)33-31-32-20-27-29(34-31)39-25-7-5-4-6-21(25)18-26(39)30(40)36(27)2;1-29-11-13-31(14-12-29)19-9-7-18(8-10-19)27-25-26-16-22-23(28-25)32-20-6-4-3-5-17(20)15-21(32)24(33)30(22)2;1-28-20-14-24-23(26-17-13-25-30(15-17)7-6-29-8-10-33-11-9-29)27-21(20)31-18-5-3-2-4-16(18)12-19(31)22(28)32;1-25-17-11-22-20(23-13-6-8-14(9-7-13)30(21,28)29)24-18(17)26-15-5-3-2-4-12(15)10-16(26)19(25)27/h4-9,18-20,22H,10-17H2,1-3H3,(H,32,33,34);3-10,16,21H,11-15H2,1-2H3,(H,26,27,28);2-5,12-15H,6-11H2,1H3,(H,24,26,27);2-9,11,16H,10H2,1H3,(H2,21,28,29)(H,22,23,24). The molecule has 4 fully saturated rings. The van der Waals surface area contributed by atoms with E-state index in [1.165, 1.54) is 55.0 Å². The minimum absolute atomic E-state index is 0.00147. The van der Waals surface area contributed by atoms with Crippen molar-refractivity contribution in [3.63, 3.8) is 0 Å². The van der Waals surface area contributed by atoms with Crippen LogP contribution in [0.4, 0.5) is 92.3 Å². The molecule has 17 heterocycles. The molecule has 0 radical (unpaired) electrons. The molecule has 2 atom stereocenters. The second-order valence-electron chi connectivity index (χ2n) is 35.7. The average molecular weight is 1860 g/mol. The molecule has 700 valence electrons. The van der Waals surface area contributed by atoms with Crippen molar-refractivity contribution < 1.29 is 27.5 Å². The maximum absolute atomic E-state index is 13.1. The average Bonchev–Trinajstić information content (AvgIpc) is 1.62. The van der Waals surface area contributed by atoms with Crippen LogP contribution in [0, 0.1) is 0 Å². The maximum atomic E-state index is 13.1. The summed E-state index contributed by atoms with van der Waals surface area (Å²) in [6.07, 6.45) is 14.1. The van der Waals surface area contributed by atoms with E-state index >= 15 is 0 Å². The number of rotatable bonds is 16. The van der Waals surface area contributed by atoms with Gasteiger partial charge < -0.3 is 79.1 Å². The molecule has 2 unspecified atom stereocenters. The minimum Gasteiger partial charge on any atom is -0.494 e. The van der Waals surface area contributed by atoms with E-state index in [9.17, 15) is 27.6 Å². The number of hydrogen-bond donors (Lipinski definition) is 5. The first kappa shape index (κ1) is 88.5. The lowest BCUT2D eigenvalue weighted by molar-refractivity contribution is -0.120. The first-order valence-corrected chi connectivity index (χ1v) is 47.6. The number of morpholine rings is 1. The number of benzene rings is 7. The quantitative estimate of drug-likeness (QED) is 0.0600. The molecule has 137 heavy (non-hydrogen) atoms. The zero-order valence-electron chi connectivity index (χ0n) is 77.1. The SMILES string of the molecule is CN1C(=O)C2Cc3ccccc3N2c2nc(Nc3ccc(S(N)(=O)=O)cc3)ncc21.CN1CCN(c2ccc(Nc3ncc4c(n3)N3c5ccccc5CC3C(=O)N4C)cc2)CC1.COc1cc(N2CCC(N3CCN(C)CC3)CC2)ccc1Nc1ncc2c(n1)n1c(cc3ccccc31)c(=O)n2C.Cn1c(=O)c2cc3ccccc3n2c2nc(Nc3cnn(CCN4CCOCC4)c3)ncc21. The number of nitrogens with one attached hydrogen (secondary N) is 4. The van der Waals surface area contributed by atoms with Crippen molar-refractivity contribution >= 4 is 169 Å². The number of piperazine rings is 2. The van der Waals surface area contributed by atoms with Gasteiger partial charge in [0.2, 0.25) is 45.6 Å². The maximum Gasteiger partial charge on any atom is 0.275 e. The number of para-hydroxylation sites is 4. The van der Waals surface area contributed by atoms with Gasteiger partial charge in [-0.15, -0.1) is 0 Å². The number of aryl methyl sites for hydroxylation is 2. The number of carbonyl (C=O) groups excluding carboxylic acids is 2. The fourth-order valence-electron chi connectivity index (χ4n) is 19.7. The van der Waals surface area contributed by atoms with E-state index in [0.717, 1.165) is 165 Å². The van der Waals surface area contributed by atoms with Crippen LogP contribution in [0.2, 0.25) is 0 Å². The number of nitrogens with two attached hydrogens (primary N) is 1. The van der Waals surface area contributed by atoms with E-state index in [1.54, 1.807) is 97.4 Å². The van der Waals surface area contributed by atoms with E-state index in [1.807, 2.05) is 128 Å². The Balaban J connectivity index is 0.000000110. The summed E-state index contributed by atoms with van der Waals surface area (Å²) >= 11 is 0. The van der Waals surface area contributed by atoms with Crippen molar-refractivity contribution in [2.75, 3.05) is 184 Å². The summed E-state index contributed by atoms with van der Waals surface area (Å²) in [5.41, 5.74) is 16.8. The number of likely N-dealkylation sites (N-methyl/N-ethyl adjacent to an activating group) is 4. The second kappa shape index (κ2) is 37.0. The van der Waals surface area contributed by atoms with Crippen molar-refractivity contribution in [3.8, 4) is 5.75 Å². The highest BCUT2D eigenvalue weighted by atomic mass is 32.2. The fraction of sp³-hybridized carbons (Fsp3) is 0.303. The van der Waals surface area contributed by atoms with Crippen molar-refractivity contribution in [2.45, 2.75) is 55.2 Å². The van der Waals surface area contributed by atoms with Gasteiger partial charge in [-0.2, -0.15) is 25.0 Å². The smallest absolute Gasteiger partial charge is 0.275 e. The molecular weight excluding hydrogens is 1760 g/mol. The highest BCUT2D eigenvalue weighted by Gasteiger charge is 2.46. The molecule has 4 saturated heterocycles. The van der Waals surface area contributed by atoms with Gasteiger partial charge in [0.1, 0.15) is 51.3 Å². The number of amides is 2. The molecule has 2 amide bonds. The predicted octanol–water partition coefficient (Wildman–Crippen LogP) is 10.6. The third-order valence-corrected chi connectivity index (χ3v) is 28.3. The van der Waals surface area contributed by atoms with Crippen LogP contribution in [-0.4, -0.2) is 259 Å². The van der Waals surface area contributed by atoms with Gasteiger partial charge in [-0.05, 0) is 135 Å². The number of nitrogens with zero attached hydrogens (tertiary/aromatic N) is 24. The Morgan fingerprint density at radius 1 is 0.445 bits per heavy atom. The summed E-state index contributed by atoms with van der Waals surface area (Å²) < 4.78 is 43.0. The van der Waals surface area contributed by atoms with E-state index in [2.05, 4.69) is 148 Å². The van der Waals surface area contributed by atoms with Crippen LogP contribution < -0.4 is 71.7 Å². The lowest BCUT2D eigenvalue weighted by Crippen LogP contribution is -2.52. The summed E-state index contributed by atoms with van der Waals surface area (Å²) in [6, 6.07) is 56.6. The van der Waals surface area contributed by atoms with E-state index in [4.69, 9.17) is 29.6 Å². The largest absolute Gasteiger partial charge is 0.494 e. The Bertz CT molecular complexity index is 7570. The summed E-state index contributed by atoms with van der Waals surface area (Å²) in [7, 11) is 9.34. The van der Waals surface area contributed by atoms with Gasteiger partial charge >= 0.3 is 0 Å². The number of aromatic nitrogens is 14. The summed E-state index contributed by atoms with van der Waals surface area (Å²) in [5, 5.41) is 24.6. The number of fused-ring (bicyclic) bond motifs is 20. The number of methoxy groups -OCH3 is 1. The fourth-order valence-corrected chi connectivity index (χ4v) is 20.2. The van der Waals surface area contributed by atoms with Crippen LogP contribution in [-0.2, 0) is 57.8 Å². The van der Waals surface area contributed by atoms with Crippen LogP contribution in [0.1, 0.15) is 24.0 Å². The molecule has 0 aliphatic carbocycles. The van der Waals surface area contributed by atoms with Crippen molar-refractivity contribution in [2.24, 2.45) is 19.2 Å². The van der Waals surface area contributed by atoms with Crippen LogP contribution in [0.3, 0.4) is 0 Å². The van der Waals surface area contributed by atoms with Crippen LogP contribution in [0.5, 0.6) is 5.75 Å². The second-order valence-corrected chi connectivity index (χ2v) is 37.3. The van der Waals surface area contributed by atoms with Crippen LogP contribution >= 0.6 is 0 Å². The lowest BCUT2D eigenvalue weighted by atomic mass is 10.0. The molecule has 0 bridgehead atoms. The van der Waals surface area contributed by atoms with Crippen LogP contribution in [0.15, 0.2) is 228 Å². The number of anilines is 16. The third-order valence-electron chi connectivity index (χ3n) is 27.4. The van der Waals surface area contributed by atoms with Crippen molar-refractivity contribution in [1.82, 2.24) is 87.2 Å².